The quantitative estimate of drug-likeness (QED) is 0.0853. The fourth-order valence-electron chi connectivity index (χ4n) is 17.1. The van der Waals surface area contributed by atoms with Gasteiger partial charge in [-0.1, -0.05) is 125 Å². The molecule has 5 amide bonds. The number of amides is 5. The van der Waals surface area contributed by atoms with E-state index in [9.17, 15) is 29.2 Å². The van der Waals surface area contributed by atoms with Crippen molar-refractivity contribution < 1.29 is 71.3 Å². The van der Waals surface area contributed by atoms with E-state index in [0.29, 0.717) is 84.3 Å². The molecule has 6 atom stereocenters. The fraction of sp³-hybridized carbons (Fsp3) is 0.505. The number of aromatic nitrogens is 1. The summed E-state index contributed by atoms with van der Waals surface area (Å²) in [5.41, 5.74) is 11.1. The molecule has 9 aliphatic rings. The summed E-state index contributed by atoms with van der Waals surface area (Å²) >= 11 is 3.41. The maximum Gasteiger partial charge on any atom is 0.410 e. The van der Waals surface area contributed by atoms with Crippen LogP contribution in [0.25, 0.3) is 10.9 Å². The Morgan fingerprint density at radius 2 is 0.821 bits per heavy atom. The number of anilines is 4. The maximum atomic E-state index is 12.4. The summed E-state index contributed by atoms with van der Waals surface area (Å²) in [7, 11) is 0. The molecule has 1 aromatic heterocycles. The monoisotopic (exact) mass is 1900 g/mol. The number of fused-ring (bicyclic) bond motifs is 1. The molecule has 0 bridgehead atoms. The number of benzene rings is 7. The van der Waals surface area contributed by atoms with E-state index >= 15 is 0 Å². The molecule has 9 saturated heterocycles. The number of halogens is 1. The summed E-state index contributed by atoms with van der Waals surface area (Å²) in [5, 5.41) is 20.5. The number of nitriles is 1. The molecule has 134 heavy (non-hydrogen) atoms. The Hall–Kier alpha value is -10.9. The number of carbonyl (C=O) groups excluding carboxylic acids is 5. The Kier molecular flexibility index (Phi) is 36.8. The van der Waals surface area contributed by atoms with Gasteiger partial charge in [0.05, 0.1) is 75.5 Å². The second-order valence-electron chi connectivity index (χ2n) is 37.7. The van der Waals surface area contributed by atoms with Crippen molar-refractivity contribution in [2.75, 3.05) is 223 Å². The zero-order valence-corrected chi connectivity index (χ0v) is 81.2. The molecule has 0 radical (unpaired) electrons. The van der Waals surface area contributed by atoms with Gasteiger partial charge in [-0.3, -0.25) is 9.88 Å². The molecule has 0 aliphatic carbocycles. The highest BCUT2D eigenvalue weighted by atomic mass is 79.9. The van der Waals surface area contributed by atoms with E-state index in [0.717, 1.165) is 186 Å². The average molecular weight is 1900 g/mol. The standard InChI is InChI=1S/C30H36N6O2.C27H35N3O5.C19H29N3O3.C15H20BrNO3.C12H16N2O2/c1-22-19-36(28-9-6-24(17-31)30-27(28)3-2-10-33-30)21-26(38-22)20-34-12-14-35(15-13-34)25-7-4-23(5-8-25)29-18-32-11-16-37-29;1-27(2,3)35-26(32)30-17-18-33-24(19-30)22-9-11-23(12-10-22)28-13-15-29(16-14-28)25(31)34-20-21-7-5-4-6-8-21;1-19(2,3)25-18(23)22-12-13-24-17(14-22)15-4-6-16(7-5-15)21-10-8-20-9-11-21;1-15(2,3)20-14(18)17-8-9-19-13(10-17)11-4-6-12(16)7-5-11;15-12(14-8-6-13-7-9-14)16-10-11-4-2-1-3-5-11/h2-10,22,26,29,32H,11-16,18-21H2,1H3;4-12,24H,13-20H2,1-3H3;4-7,17,20H,8-14H2,1-3H3;4-7,13H,8-10H2,1-3H3;1-5,13H,6-10H2/t22-,26+,29+;24-;17-;13-;/m1000./s1. The number of pyridine rings is 1. The van der Waals surface area contributed by atoms with Crippen LogP contribution in [-0.2, 0) is 60.6 Å². The smallest absolute Gasteiger partial charge is 0.410 e. The zero-order valence-electron chi connectivity index (χ0n) is 79.6. The summed E-state index contributed by atoms with van der Waals surface area (Å²) in [6.07, 6.45) is 0.487. The highest BCUT2D eigenvalue weighted by Gasteiger charge is 2.36. The van der Waals surface area contributed by atoms with Crippen LogP contribution in [-0.4, -0.2) is 297 Å². The van der Waals surface area contributed by atoms with Gasteiger partial charge in [-0.15, -0.1) is 0 Å². The number of nitrogens with zero attached hydrogens (tertiary/aromatic N) is 12. The predicted molar refractivity (Wildman–Crippen MR) is 523 cm³/mol. The van der Waals surface area contributed by atoms with Crippen molar-refractivity contribution in [3.63, 3.8) is 0 Å². The van der Waals surface area contributed by atoms with Gasteiger partial charge in [0.15, 0.2) is 0 Å². The van der Waals surface area contributed by atoms with Gasteiger partial charge in [0.2, 0.25) is 0 Å². The molecule has 720 valence electrons. The summed E-state index contributed by atoms with van der Waals surface area (Å²) in [6, 6.07) is 63.4. The third-order valence-corrected chi connectivity index (χ3v) is 24.6. The third-order valence-electron chi connectivity index (χ3n) is 24.0. The molecule has 30 nitrogen and oxygen atoms in total. The van der Waals surface area contributed by atoms with Gasteiger partial charge in [0.1, 0.15) is 54.4 Å². The minimum absolute atomic E-state index is 0.0932. The first-order chi connectivity index (χ1) is 64.6. The first kappa shape index (κ1) is 101. The molecule has 0 saturated carbocycles. The number of morpholine rings is 5. The third kappa shape index (κ3) is 30.8. The van der Waals surface area contributed by atoms with Crippen molar-refractivity contribution in [2.45, 2.75) is 136 Å². The van der Waals surface area contributed by atoms with Crippen LogP contribution in [0.3, 0.4) is 0 Å². The van der Waals surface area contributed by atoms with Crippen LogP contribution in [0, 0.1) is 11.3 Å². The minimum Gasteiger partial charge on any atom is -0.445 e. The summed E-state index contributed by atoms with van der Waals surface area (Å²) < 4.78 is 58.0. The first-order valence-electron chi connectivity index (χ1n) is 47.2. The molecule has 17 rings (SSSR count). The maximum absolute atomic E-state index is 12.4. The second-order valence-corrected chi connectivity index (χ2v) is 38.6. The van der Waals surface area contributed by atoms with Crippen LogP contribution < -0.4 is 35.6 Å². The van der Waals surface area contributed by atoms with Crippen LogP contribution in [0.1, 0.15) is 133 Å². The lowest BCUT2D eigenvalue weighted by Crippen LogP contribution is -2.54. The van der Waals surface area contributed by atoms with E-state index in [1.807, 2.05) is 159 Å². The number of carbonyl (C=O) groups is 5. The molecule has 3 N–H and O–H groups in total. The molecule has 31 heteroatoms. The largest absolute Gasteiger partial charge is 0.445 e. The Morgan fingerprint density at radius 1 is 0.410 bits per heavy atom. The van der Waals surface area contributed by atoms with E-state index in [2.05, 4.69) is 159 Å². The molecule has 9 aliphatic heterocycles. The normalized spacial score (nSPS) is 20.9. The number of ether oxygens (including phenoxy) is 10. The van der Waals surface area contributed by atoms with Crippen molar-refractivity contribution in [3.05, 3.63) is 232 Å². The topological polar surface area (TPSA) is 283 Å². The van der Waals surface area contributed by atoms with Crippen LogP contribution in [0.2, 0.25) is 0 Å². The van der Waals surface area contributed by atoms with E-state index < -0.39 is 16.8 Å². The SMILES string of the molecule is CC(C)(C)OC(=O)N1CCO[C@H](c2ccc(Br)cc2)C1.CC(C)(C)OC(=O)N1CCO[C@H](c2ccc(N3CCN(C(=O)OCc4ccccc4)CC3)cc2)C1.CC(C)(C)OC(=O)N1CCO[C@H](c2ccc(N3CCNCC3)cc2)C1.C[C@@H]1CN(c2ccc(C#N)c3ncccc23)C[C@H](CN2CCN(c3ccc([C@@H]4CNCCO4)cc3)CC2)O1.O=C(OCc1ccccc1)N1CCNCC1. The van der Waals surface area contributed by atoms with Crippen LogP contribution in [0.5, 0.6) is 0 Å². The number of nitrogens with one attached hydrogen (secondary N) is 3. The van der Waals surface area contributed by atoms with Gasteiger partial charge in [0, 0.05) is 196 Å². The molecule has 10 heterocycles. The first-order valence-corrected chi connectivity index (χ1v) is 48.0. The lowest BCUT2D eigenvalue weighted by atomic mass is 10.1. The fourth-order valence-corrected chi connectivity index (χ4v) is 17.3. The molecular weight excluding hydrogens is 1770 g/mol. The van der Waals surface area contributed by atoms with E-state index in [4.69, 9.17) is 47.4 Å². The highest BCUT2D eigenvalue weighted by Crippen LogP contribution is 2.35. The van der Waals surface area contributed by atoms with Crippen LogP contribution in [0.15, 0.2) is 193 Å². The van der Waals surface area contributed by atoms with Gasteiger partial charge >= 0.3 is 30.5 Å². The lowest BCUT2D eigenvalue weighted by Gasteiger charge is -2.42. The van der Waals surface area contributed by atoms with Gasteiger partial charge < -0.3 is 107 Å². The number of piperazine rings is 4. The molecule has 8 aromatic rings. The van der Waals surface area contributed by atoms with Crippen LogP contribution in [0.4, 0.5) is 46.7 Å². The lowest BCUT2D eigenvalue weighted by molar-refractivity contribution is -0.0434. The second kappa shape index (κ2) is 49.0. The Morgan fingerprint density at radius 3 is 1.25 bits per heavy atom. The number of rotatable bonds is 14. The zero-order chi connectivity index (χ0) is 94.6. The molecule has 0 unspecified atom stereocenters. The van der Waals surface area contributed by atoms with Gasteiger partial charge in [0.25, 0.3) is 0 Å². The minimum atomic E-state index is -0.519. The van der Waals surface area contributed by atoms with Crippen molar-refractivity contribution in [2.24, 2.45) is 0 Å². The Balaban J connectivity index is 0.000000147. The van der Waals surface area contributed by atoms with Gasteiger partial charge in [-0.2, -0.15) is 5.26 Å². The summed E-state index contributed by atoms with van der Waals surface area (Å²) in [4.78, 5) is 86.1. The molecule has 0 spiro atoms. The van der Waals surface area contributed by atoms with Crippen molar-refractivity contribution in [1.82, 2.24) is 50.3 Å². The molecular formula is C103H136BrN15O15. The summed E-state index contributed by atoms with van der Waals surface area (Å²) in [5.74, 6) is 0. The summed E-state index contributed by atoms with van der Waals surface area (Å²) in [6.45, 7) is 43.7. The number of hydrogen-bond donors (Lipinski definition) is 3. The van der Waals surface area contributed by atoms with Gasteiger partial charge in [-0.05, 0) is 175 Å². The Bertz CT molecular complexity index is 5040. The van der Waals surface area contributed by atoms with E-state index in [-0.39, 0.29) is 73.7 Å². The van der Waals surface area contributed by atoms with Crippen molar-refractivity contribution in [1.29, 1.82) is 5.26 Å². The average Bonchev–Trinajstić information content (AvgIpc) is 0.777. The van der Waals surface area contributed by atoms with Crippen molar-refractivity contribution in [3.8, 4) is 6.07 Å². The van der Waals surface area contributed by atoms with E-state index in [1.165, 1.54) is 16.9 Å². The van der Waals surface area contributed by atoms with Crippen LogP contribution >= 0.6 is 15.9 Å². The predicted octanol–water partition coefficient (Wildman–Crippen LogP) is 15.0. The van der Waals surface area contributed by atoms with Crippen molar-refractivity contribution >= 4 is 80.0 Å². The Labute approximate surface area is 798 Å². The number of hydrogen-bond acceptors (Lipinski definition) is 25. The highest BCUT2D eigenvalue weighted by molar-refractivity contribution is 9.10. The van der Waals surface area contributed by atoms with Gasteiger partial charge in [-0.25, -0.2) is 24.0 Å². The molecule has 7 aromatic carbocycles. The van der Waals surface area contributed by atoms with E-state index in [1.54, 1.807) is 30.7 Å². The molecule has 9 fully saturated rings.